The van der Waals surface area contributed by atoms with Crippen LogP contribution in [0.1, 0.15) is 30.4 Å². The molecule has 1 aliphatic carbocycles. The number of hydrogen-bond acceptors (Lipinski definition) is 3. The number of rotatable bonds is 2. The lowest BCUT2D eigenvalue weighted by Gasteiger charge is -2.15. The van der Waals surface area contributed by atoms with E-state index in [4.69, 9.17) is 5.26 Å². The summed E-state index contributed by atoms with van der Waals surface area (Å²) in [5.74, 6) is -0.478. The van der Waals surface area contributed by atoms with E-state index in [9.17, 15) is 9.90 Å². The molecule has 2 N–H and O–H groups in total. The predicted octanol–water partition coefficient (Wildman–Crippen LogP) is 1.97. The number of benzene rings is 1. The third-order valence-corrected chi connectivity index (χ3v) is 3.44. The van der Waals surface area contributed by atoms with Gasteiger partial charge in [0.15, 0.2) is 0 Å². The molecule has 4 heteroatoms. The van der Waals surface area contributed by atoms with Gasteiger partial charge >= 0.3 is 0 Å². The molecule has 2 atom stereocenters. The number of carbonyl (C=O) groups is 1. The molecule has 0 aromatic heterocycles. The van der Waals surface area contributed by atoms with Gasteiger partial charge in [0.25, 0.3) is 0 Å². The summed E-state index contributed by atoms with van der Waals surface area (Å²) in [7, 11) is 0. The summed E-state index contributed by atoms with van der Waals surface area (Å²) in [6, 6.07) is 7.23. The molecule has 0 bridgehead atoms. The van der Waals surface area contributed by atoms with Crippen LogP contribution < -0.4 is 5.32 Å². The van der Waals surface area contributed by atoms with Crippen molar-refractivity contribution in [2.24, 2.45) is 5.92 Å². The summed E-state index contributed by atoms with van der Waals surface area (Å²) in [6.45, 7) is 1.88. The zero-order chi connectivity index (χ0) is 13.1. The maximum Gasteiger partial charge on any atom is 0.230 e. The fourth-order valence-corrected chi connectivity index (χ4v) is 2.30. The number of aliphatic hydroxyl groups excluding tert-OH is 1. The first-order valence-electron chi connectivity index (χ1n) is 6.11. The molecule has 0 aliphatic heterocycles. The second kappa shape index (κ2) is 5.19. The smallest absolute Gasteiger partial charge is 0.230 e. The number of nitrogens with zero attached hydrogens (tertiary/aromatic N) is 1. The Hall–Kier alpha value is -1.86. The Morgan fingerprint density at radius 2 is 2.28 bits per heavy atom. The number of nitrogens with one attached hydrogen (secondary N) is 1. The first kappa shape index (κ1) is 12.6. The van der Waals surface area contributed by atoms with Crippen molar-refractivity contribution in [1.82, 2.24) is 0 Å². The molecule has 1 aromatic rings. The van der Waals surface area contributed by atoms with Gasteiger partial charge in [0.2, 0.25) is 5.91 Å². The highest BCUT2D eigenvalue weighted by Gasteiger charge is 2.31. The van der Waals surface area contributed by atoms with Gasteiger partial charge in [0.1, 0.15) is 0 Å². The topological polar surface area (TPSA) is 73.1 Å². The number of amides is 1. The van der Waals surface area contributed by atoms with Gasteiger partial charge in [-0.25, -0.2) is 0 Å². The Bertz CT molecular complexity index is 505. The SMILES string of the molecule is Cc1ccc(C#N)cc1NC(=O)C1CCCC1O. The minimum Gasteiger partial charge on any atom is -0.392 e. The Kier molecular flexibility index (Phi) is 3.63. The van der Waals surface area contributed by atoms with Crippen molar-refractivity contribution < 1.29 is 9.90 Å². The van der Waals surface area contributed by atoms with E-state index in [1.807, 2.05) is 13.0 Å². The average Bonchev–Trinajstić information content (AvgIpc) is 2.78. The fraction of sp³-hybridized carbons (Fsp3) is 0.429. The van der Waals surface area contributed by atoms with E-state index in [-0.39, 0.29) is 11.8 Å². The quantitative estimate of drug-likeness (QED) is 0.835. The summed E-state index contributed by atoms with van der Waals surface area (Å²) in [5, 5.41) is 21.3. The Morgan fingerprint density at radius 1 is 1.50 bits per heavy atom. The highest BCUT2D eigenvalue weighted by atomic mass is 16.3. The second-order valence-corrected chi connectivity index (χ2v) is 4.74. The van der Waals surface area contributed by atoms with Crippen molar-refractivity contribution in [1.29, 1.82) is 5.26 Å². The number of nitriles is 1. The third-order valence-electron chi connectivity index (χ3n) is 3.44. The standard InChI is InChI=1S/C14H16N2O2/c1-9-5-6-10(8-15)7-12(9)16-14(18)11-3-2-4-13(11)17/h5-7,11,13,17H,2-4H2,1H3,(H,16,18). The third kappa shape index (κ3) is 2.52. The zero-order valence-electron chi connectivity index (χ0n) is 10.3. The molecule has 1 fully saturated rings. The second-order valence-electron chi connectivity index (χ2n) is 4.74. The minimum atomic E-state index is -0.538. The van der Waals surface area contributed by atoms with Gasteiger partial charge in [-0.2, -0.15) is 5.26 Å². The molecule has 1 saturated carbocycles. The number of hydrogen-bond donors (Lipinski definition) is 2. The largest absolute Gasteiger partial charge is 0.392 e. The number of aliphatic hydroxyl groups is 1. The van der Waals surface area contributed by atoms with Crippen LogP contribution >= 0.6 is 0 Å². The lowest BCUT2D eigenvalue weighted by molar-refractivity contribution is -0.122. The van der Waals surface area contributed by atoms with E-state index < -0.39 is 6.10 Å². The van der Waals surface area contributed by atoms with Crippen molar-refractivity contribution >= 4 is 11.6 Å². The Morgan fingerprint density at radius 3 is 2.89 bits per heavy atom. The van der Waals surface area contributed by atoms with Gasteiger partial charge < -0.3 is 10.4 Å². The Balaban J connectivity index is 2.14. The molecule has 2 rings (SSSR count). The van der Waals surface area contributed by atoms with Crippen molar-refractivity contribution in [3.8, 4) is 6.07 Å². The number of anilines is 1. The van der Waals surface area contributed by atoms with Gasteiger partial charge in [0.05, 0.1) is 23.7 Å². The molecular weight excluding hydrogens is 228 g/mol. The molecule has 1 aromatic carbocycles. The maximum atomic E-state index is 12.0. The van der Waals surface area contributed by atoms with E-state index in [1.54, 1.807) is 18.2 Å². The van der Waals surface area contributed by atoms with Gasteiger partial charge in [-0.15, -0.1) is 0 Å². The van der Waals surface area contributed by atoms with Crippen molar-refractivity contribution in [3.63, 3.8) is 0 Å². The van der Waals surface area contributed by atoms with E-state index in [0.717, 1.165) is 18.4 Å². The molecule has 18 heavy (non-hydrogen) atoms. The van der Waals surface area contributed by atoms with Crippen LogP contribution in [-0.2, 0) is 4.79 Å². The van der Waals surface area contributed by atoms with Crippen LogP contribution in [0.4, 0.5) is 5.69 Å². The van der Waals surface area contributed by atoms with Crippen LogP contribution in [0.25, 0.3) is 0 Å². The van der Waals surface area contributed by atoms with Gasteiger partial charge in [-0.05, 0) is 43.9 Å². The lowest BCUT2D eigenvalue weighted by atomic mass is 10.0. The monoisotopic (exact) mass is 244 g/mol. The first-order valence-corrected chi connectivity index (χ1v) is 6.11. The summed E-state index contributed by atoms with van der Waals surface area (Å²) in [6.07, 6.45) is 1.76. The van der Waals surface area contributed by atoms with E-state index >= 15 is 0 Å². The fourth-order valence-electron chi connectivity index (χ4n) is 2.30. The van der Waals surface area contributed by atoms with Gasteiger partial charge in [0, 0.05) is 5.69 Å². The minimum absolute atomic E-state index is 0.154. The van der Waals surface area contributed by atoms with Crippen LogP contribution in [0.5, 0.6) is 0 Å². The molecular formula is C14H16N2O2. The molecule has 4 nitrogen and oxygen atoms in total. The maximum absolute atomic E-state index is 12.0. The first-order chi connectivity index (χ1) is 8.61. The van der Waals surface area contributed by atoms with Crippen LogP contribution in [0.3, 0.4) is 0 Å². The zero-order valence-corrected chi connectivity index (χ0v) is 10.3. The van der Waals surface area contributed by atoms with Crippen LogP contribution in [-0.4, -0.2) is 17.1 Å². The lowest BCUT2D eigenvalue weighted by Crippen LogP contribution is -2.28. The molecule has 0 radical (unpaired) electrons. The molecule has 1 aliphatic rings. The van der Waals surface area contributed by atoms with Crippen LogP contribution in [0.15, 0.2) is 18.2 Å². The van der Waals surface area contributed by atoms with Crippen LogP contribution in [0.2, 0.25) is 0 Å². The summed E-state index contributed by atoms with van der Waals surface area (Å²) < 4.78 is 0. The number of carbonyl (C=O) groups excluding carboxylic acids is 1. The predicted molar refractivity (Wildman–Crippen MR) is 67.9 cm³/mol. The molecule has 0 heterocycles. The molecule has 0 saturated heterocycles. The molecule has 2 unspecified atom stereocenters. The van der Waals surface area contributed by atoms with E-state index in [2.05, 4.69) is 5.32 Å². The molecule has 0 spiro atoms. The van der Waals surface area contributed by atoms with Crippen molar-refractivity contribution in [3.05, 3.63) is 29.3 Å². The summed E-state index contributed by atoms with van der Waals surface area (Å²) in [5.41, 5.74) is 2.08. The van der Waals surface area contributed by atoms with Crippen LogP contribution in [0, 0.1) is 24.2 Å². The van der Waals surface area contributed by atoms with Gasteiger partial charge in [-0.3, -0.25) is 4.79 Å². The highest BCUT2D eigenvalue weighted by Crippen LogP contribution is 2.27. The average molecular weight is 244 g/mol. The molecule has 1 amide bonds. The van der Waals surface area contributed by atoms with E-state index in [1.165, 1.54) is 0 Å². The van der Waals surface area contributed by atoms with E-state index in [0.29, 0.717) is 17.7 Å². The summed E-state index contributed by atoms with van der Waals surface area (Å²) in [4.78, 5) is 12.0. The van der Waals surface area contributed by atoms with Crippen molar-refractivity contribution in [2.75, 3.05) is 5.32 Å². The summed E-state index contributed by atoms with van der Waals surface area (Å²) >= 11 is 0. The van der Waals surface area contributed by atoms with Gasteiger partial charge in [-0.1, -0.05) is 6.07 Å². The Labute approximate surface area is 106 Å². The molecule has 94 valence electrons. The number of aryl methyl sites for hydroxylation is 1. The highest BCUT2D eigenvalue weighted by molar-refractivity contribution is 5.94. The van der Waals surface area contributed by atoms with Crippen molar-refractivity contribution in [2.45, 2.75) is 32.3 Å². The normalized spacial score (nSPS) is 22.5.